The number of hydrogen-bond donors (Lipinski definition) is 1. The molecule has 4 aliphatic carbocycles. The van der Waals surface area contributed by atoms with Crippen molar-refractivity contribution in [2.45, 2.75) is 64.6 Å². The van der Waals surface area contributed by atoms with Gasteiger partial charge in [0.15, 0.2) is 11.5 Å². The third-order valence-electron chi connectivity index (χ3n) is 7.82. The first-order chi connectivity index (χ1) is 14.1. The van der Waals surface area contributed by atoms with Crippen LogP contribution >= 0.6 is 11.3 Å². The van der Waals surface area contributed by atoms with E-state index in [4.69, 9.17) is 9.47 Å². The quantitative estimate of drug-likeness (QED) is 0.575. The van der Waals surface area contributed by atoms with Crippen molar-refractivity contribution < 1.29 is 9.47 Å². The third kappa shape index (κ3) is 3.82. The van der Waals surface area contributed by atoms with Crippen molar-refractivity contribution in [1.82, 2.24) is 5.32 Å². The van der Waals surface area contributed by atoms with Crippen LogP contribution in [0.5, 0.6) is 11.5 Å². The number of ether oxygens (including phenoxy) is 2. The van der Waals surface area contributed by atoms with Crippen LogP contribution in [0, 0.1) is 23.2 Å². The molecule has 6 rings (SSSR count). The molecule has 1 heterocycles. The number of hydrogen-bond acceptors (Lipinski definition) is 4. The van der Waals surface area contributed by atoms with E-state index >= 15 is 0 Å². The SMILES string of the molecule is COc1cccc(CN[C@@H](C)C23CC4CC(CC(C4)C2)C3)c1OCc1cccs1. The van der Waals surface area contributed by atoms with Gasteiger partial charge in [0.2, 0.25) is 0 Å². The van der Waals surface area contributed by atoms with Gasteiger partial charge in [-0.05, 0) is 86.1 Å². The molecule has 1 aromatic heterocycles. The molecule has 4 bridgehead atoms. The summed E-state index contributed by atoms with van der Waals surface area (Å²) in [4.78, 5) is 1.23. The molecule has 0 radical (unpaired) electrons. The number of thiophene rings is 1. The van der Waals surface area contributed by atoms with Crippen molar-refractivity contribution >= 4 is 11.3 Å². The predicted octanol–water partition coefficient (Wildman–Crippen LogP) is 6.03. The Kier molecular flexibility index (Phi) is 5.34. The van der Waals surface area contributed by atoms with Crippen molar-refractivity contribution in [3.05, 3.63) is 46.2 Å². The highest BCUT2D eigenvalue weighted by Gasteiger charge is 2.52. The Bertz CT molecular complexity index is 796. The zero-order chi connectivity index (χ0) is 19.8. The number of benzene rings is 1. The molecule has 0 unspecified atom stereocenters. The summed E-state index contributed by atoms with van der Waals surface area (Å²) in [5.74, 6) is 4.68. The molecule has 4 aliphatic rings. The molecule has 156 valence electrons. The second-order valence-corrected chi connectivity index (χ2v) is 10.7. The molecule has 1 N–H and O–H groups in total. The molecule has 1 atom stereocenters. The monoisotopic (exact) mass is 411 g/mol. The fourth-order valence-electron chi connectivity index (χ4n) is 6.75. The van der Waals surface area contributed by atoms with Crippen LogP contribution in [-0.2, 0) is 13.2 Å². The average Bonchev–Trinajstić information content (AvgIpc) is 3.23. The van der Waals surface area contributed by atoms with Gasteiger partial charge in [-0.3, -0.25) is 0 Å². The molecule has 4 heteroatoms. The van der Waals surface area contributed by atoms with E-state index < -0.39 is 0 Å². The summed E-state index contributed by atoms with van der Waals surface area (Å²) < 4.78 is 11.8. The Hall–Kier alpha value is -1.52. The van der Waals surface area contributed by atoms with Crippen LogP contribution in [-0.4, -0.2) is 13.2 Å². The van der Waals surface area contributed by atoms with Gasteiger partial charge in [0, 0.05) is 23.0 Å². The first kappa shape index (κ1) is 19.4. The van der Waals surface area contributed by atoms with Crippen LogP contribution in [0.25, 0.3) is 0 Å². The zero-order valence-electron chi connectivity index (χ0n) is 17.7. The van der Waals surface area contributed by atoms with Crippen molar-refractivity contribution in [2.75, 3.05) is 7.11 Å². The minimum Gasteiger partial charge on any atom is -0.493 e. The Morgan fingerprint density at radius 1 is 1.07 bits per heavy atom. The molecule has 29 heavy (non-hydrogen) atoms. The Balaban J connectivity index is 1.29. The molecular weight excluding hydrogens is 378 g/mol. The van der Waals surface area contributed by atoms with Gasteiger partial charge in [0.1, 0.15) is 6.61 Å². The average molecular weight is 412 g/mol. The van der Waals surface area contributed by atoms with E-state index in [0.717, 1.165) is 35.8 Å². The van der Waals surface area contributed by atoms with E-state index in [0.29, 0.717) is 18.1 Å². The largest absolute Gasteiger partial charge is 0.493 e. The van der Waals surface area contributed by atoms with E-state index in [9.17, 15) is 0 Å². The van der Waals surface area contributed by atoms with E-state index in [1.807, 2.05) is 6.07 Å². The number of nitrogens with one attached hydrogen (secondary N) is 1. The van der Waals surface area contributed by atoms with Crippen LogP contribution in [0.2, 0.25) is 0 Å². The summed E-state index contributed by atoms with van der Waals surface area (Å²) in [5, 5.41) is 6.00. The molecule has 3 nitrogen and oxygen atoms in total. The Morgan fingerprint density at radius 2 is 1.79 bits per heavy atom. The van der Waals surface area contributed by atoms with Gasteiger partial charge in [-0.2, -0.15) is 0 Å². The van der Waals surface area contributed by atoms with Crippen molar-refractivity contribution in [3.63, 3.8) is 0 Å². The van der Waals surface area contributed by atoms with E-state index in [1.54, 1.807) is 18.4 Å². The van der Waals surface area contributed by atoms with Gasteiger partial charge < -0.3 is 14.8 Å². The van der Waals surface area contributed by atoms with Crippen LogP contribution < -0.4 is 14.8 Å². The second kappa shape index (κ2) is 7.96. The lowest BCUT2D eigenvalue weighted by atomic mass is 9.48. The van der Waals surface area contributed by atoms with Crippen LogP contribution in [0.15, 0.2) is 35.7 Å². The molecule has 0 aliphatic heterocycles. The van der Waals surface area contributed by atoms with Gasteiger partial charge in [-0.15, -0.1) is 11.3 Å². The maximum absolute atomic E-state index is 6.23. The molecule has 4 fully saturated rings. The topological polar surface area (TPSA) is 30.5 Å². The fourth-order valence-corrected chi connectivity index (χ4v) is 7.37. The van der Waals surface area contributed by atoms with Crippen molar-refractivity contribution in [3.8, 4) is 11.5 Å². The van der Waals surface area contributed by atoms with Gasteiger partial charge in [-0.25, -0.2) is 0 Å². The first-order valence-electron chi connectivity index (χ1n) is 11.2. The summed E-state index contributed by atoms with van der Waals surface area (Å²) >= 11 is 1.73. The van der Waals surface area contributed by atoms with E-state index in [1.165, 1.54) is 49.0 Å². The second-order valence-electron chi connectivity index (χ2n) is 9.70. The summed E-state index contributed by atoms with van der Waals surface area (Å²) in [6.07, 6.45) is 8.82. The van der Waals surface area contributed by atoms with Crippen LogP contribution in [0.4, 0.5) is 0 Å². The number of methoxy groups -OCH3 is 1. The van der Waals surface area contributed by atoms with Gasteiger partial charge in [0.05, 0.1) is 7.11 Å². The highest BCUT2D eigenvalue weighted by Crippen LogP contribution is 2.61. The molecule has 4 saturated carbocycles. The highest BCUT2D eigenvalue weighted by molar-refractivity contribution is 7.09. The lowest BCUT2D eigenvalue weighted by Gasteiger charge is -2.59. The summed E-state index contributed by atoms with van der Waals surface area (Å²) in [6, 6.07) is 11.0. The minimum absolute atomic E-state index is 0.519. The van der Waals surface area contributed by atoms with Gasteiger partial charge in [0.25, 0.3) is 0 Å². The number of para-hydroxylation sites is 1. The number of rotatable bonds is 8. The van der Waals surface area contributed by atoms with Crippen molar-refractivity contribution in [1.29, 1.82) is 0 Å². The first-order valence-corrected chi connectivity index (χ1v) is 12.1. The third-order valence-corrected chi connectivity index (χ3v) is 8.67. The lowest BCUT2D eigenvalue weighted by molar-refractivity contribution is -0.0706. The predicted molar refractivity (Wildman–Crippen MR) is 119 cm³/mol. The fraction of sp³-hybridized carbons (Fsp3) is 0.600. The molecule has 0 saturated heterocycles. The molecular formula is C25H33NO2S. The summed E-state index contributed by atoms with van der Waals surface area (Å²) in [5.41, 5.74) is 1.71. The summed E-state index contributed by atoms with van der Waals surface area (Å²) in [6.45, 7) is 3.86. The smallest absolute Gasteiger partial charge is 0.166 e. The maximum Gasteiger partial charge on any atom is 0.166 e. The van der Waals surface area contributed by atoms with E-state index in [2.05, 4.69) is 41.9 Å². The normalized spacial score (nSPS) is 31.0. The van der Waals surface area contributed by atoms with Crippen LogP contribution in [0.1, 0.15) is 55.9 Å². The zero-order valence-corrected chi connectivity index (χ0v) is 18.5. The lowest BCUT2D eigenvalue weighted by Crippen LogP contribution is -2.54. The minimum atomic E-state index is 0.519. The molecule has 0 spiro atoms. The molecule has 2 aromatic rings. The Labute approximate surface area is 178 Å². The standard InChI is InChI=1S/C25H33NO2S/c1-17(25-12-18-9-19(13-25)11-20(10-18)14-25)26-15-21-5-3-7-23(27-2)24(21)28-16-22-6-4-8-29-22/h3-8,17-20,26H,9-16H2,1-2H3/t17-,18?,19?,20?,25?/m0/s1. The molecule has 0 amide bonds. The maximum atomic E-state index is 6.23. The molecule has 1 aromatic carbocycles. The van der Waals surface area contributed by atoms with Gasteiger partial charge in [-0.1, -0.05) is 18.2 Å². The van der Waals surface area contributed by atoms with Crippen LogP contribution in [0.3, 0.4) is 0 Å². The Morgan fingerprint density at radius 3 is 2.41 bits per heavy atom. The highest BCUT2D eigenvalue weighted by atomic mass is 32.1. The summed E-state index contributed by atoms with van der Waals surface area (Å²) in [7, 11) is 1.72. The van der Waals surface area contributed by atoms with Gasteiger partial charge >= 0.3 is 0 Å². The van der Waals surface area contributed by atoms with E-state index in [-0.39, 0.29) is 0 Å². The van der Waals surface area contributed by atoms with Crippen molar-refractivity contribution in [2.24, 2.45) is 23.2 Å².